The number of carbonyl (C=O) groups is 2. The summed E-state index contributed by atoms with van der Waals surface area (Å²) in [4.78, 5) is 27.0. The number of benzene rings is 1. The lowest BCUT2D eigenvalue weighted by molar-refractivity contribution is -0.140. The van der Waals surface area contributed by atoms with E-state index in [1.807, 2.05) is 0 Å². The van der Waals surface area contributed by atoms with Gasteiger partial charge in [0.05, 0.1) is 18.2 Å². The minimum Gasteiger partial charge on any atom is -0.460 e. The first kappa shape index (κ1) is 19.0. The zero-order valence-electron chi connectivity index (χ0n) is 14.6. The fraction of sp³-hybridized carbons (Fsp3) is 0.444. The van der Waals surface area contributed by atoms with Gasteiger partial charge in [-0.15, -0.1) is 0 Å². The van der Waals surface area contributed by atoms with Crippen LogP contribution >= 0.6 is 23.2 Å². The smallest absolute Gasteiger partial charge is 0.338 e. The molecule has 1 aliphatic heterocycles. The van der Waals surface area contributed by atoms with Gasteiger partial charge in [0.1, 0.15) is 6.61 Å². The molecule has 26 heavy (non-hydrogen) atoms. The standard InChI is InChI=1S/C18H20Cl2N2O4/c1-10-14(17(23)26-9-8-25-2)16(15-12(19)4-3-5-13(15)20)21-18(24)22(10)11-6-7-11/h3-5,11,16H,6-9H2,1-2H3,(H,21,24). The molecule has 1 aromatic carbocycles. The average molecular weight is 399 g/mol. The van der Waals surface area contributed by atoms with E-state index in [1.54, 1.807) is 30.0 Å². The number of allylic oxidation sites excluding steroid dienone is 1. The van der Waals surface area contributed by atoms with Crippen molar-refractivity contribution < 1.29 is 19.1 Å². The van der Waals surface area contributed by atoms with Crippen LogP contribution in [-0.4, -0.2) is 43.3 Å². The highest BCUT2D eigenvalue weighted by Gasteiger charge is 2.43. The Kier molecular flexibility index (Phi) is 5.75. The van der Waals surface area contributed by atoms with E-state index in [0.717, 1.165) is 12.8 Å². The summed E-state index contributed by atoms with van der Waals surface area (Å²) < 4.78 is 10.2. The van der Waals surface area contributed by atoms with Crippen LogP contribution in [0, 0.1) is 0 Å². The highest BCUT2D eigenvalue weighted by Crippen LogP contribution is 2.41. The Bertz CT molecular complexity index is 741. The van der Waals surface area contributed by atoms with Crippen molar-refractivity contribution in [2.45, 2.75) is 31.8 Å². The quantitative estimate of drug-likeness (QED) is 0.585. The van der Waals surface area contributed by atoms with Crippen LogP contribution in [-0.2, 0) is 14.3 Å². The molecule has 1 atom stereocenters. The zero-order chi connectivity index (χ0) is 18.8. The summed E-state index contributed by atoms with van der Waals surface area (Å²) in [6.45, 7) is 2.16. The van der Waals surface area contributed by atoms with E-state index in [0.29, 0.717) is 26.9 Å². The van der Waals surface area contributed by atoms with E-state index in [9.17, 15) is 9.59 Å². The number of nitrogens with zero attached hydrogens (tertiary/aromatic N) is 1. The van der Waals surface area contributed by atoms with E-state index >= 15 is 0 Å². The number of ether oxygens (including phenoxy) is 2. The molecule has 6 nitrogen and oxygen atoms in total. The number of hydrogen-bond donors (Lipinski definition) is 1. The molecule has 140 valence electrons. The minimum absolute atomic E-state index is 0.111. The van der Waals surface area contributed by atoms with Gasteiger partial charge in [-0.25, -0.2) is 9.59 Å². The molecule has 1 unspecified atom stereocenters. The minimum atomic E-state index is -0.770. The molecule has 0 saturated heterocycles. The number of urea groups is 1. The molecule has 1 aliphatic carbocycles. The van der Waals surface area contributed by atoms with Crippen molar-refractivity contribution in [3.8, 4) is 0 Å². The van der Waals surface area contributed by atoms with Crippen molar-refractivity contribution in [2.75, 3.05) is 20.3 Å². The van der Waals surface area contributed by atoms with E-state index in [-0.39, 0.29) is 25.3 Å². The second-order valence-electron chi connectivity index (χ2n) is 6.25. The third kappa shape index (κ3) is 3.68. The van der Waals surface area contributed by atoms with Crippen LogP contribution in [0.2, 0.25) is 10.0 Å². The van der Waals surface area contributed by atoms with Crippen molar-refractivity contribution in [1.29, 1.82) is 0 Å². The van der Waals surface area contributed by atoms with Crippen LogP contribution in [0.5, 0.6) is 0 Å². The average Bonchev–Trinajstić information content (AvgIpc) is 3.39. The summed E-state index contributed by atoms with van der Waals surface area (Å²) in [7, 11) is 1.53. The third-order valence-corrected chi connectivity index (χ3v) is 5.13. The van der Waals surface area contributed by atoms with Gasteiger partial charge >= 0.3 is 12.0 Å². The SMILES string of the molecule is COCCOC(=O)C1=C(C)N(C2CC2)C(=O)NC1c1c(Cl)cccc1Cl. The van der Waals surface area contributed by atoms with Crippen LogP contribution < -0.4 is 5.32 Å². The molecule has 2 amide bonds. The third-order valence-electron chi connectivity index (χ3n) is 4.47. The Labute approximate surface area is 162 Å². The Balaban J connectivity index is 2.03. The number of methoxy groups -OCH3 is 1. The summed E-state index contributed by atoms with van der Waals surface area (Å²) in [6.07, 6.45) is 1.82. The van der Waals surface area contributed by atoms with Gasteiger partial charge in [-0.3, -0.25) is 4.90 Å². The fourth-order valence-electron chi connectivity index (χ4n) is 3.09. The number of hydrogen-bond acceptors (Lipinski definition) is 4. The maximum Gasteiger partial charge on any atom is 0.338 e. The van der Waals surface area contributed by atoms with Gasteiger partial charge in [0.2, 0.25) is 0 Å². The molecular weight excluding hydrogens is 379 g/mol. The molecule has 1 N–H and O–H groups in total. The monoisotopic (exact) mass is 398 g/mol. The summed E-state index contributed by atoms with van der Waals surface area (Å²) in [6, 6.07) is 4.13. The van der Waals surface area contributed by atoms with Crippen LogP contribution in [0.1, 0.15) is 31.4 Å². The lowest BCUT2D eigenvalue weighted by Crippen LogP contribution is -2.49. The van der Waals surface area contributed by atoms with Gasteiger partial charge in [-0.2, -0.15) is 0 Å². The Morgan fingerprint density at radius 3 is 2.50 bits per heavy atom. The topological polar surface area (TPSA) is 67.9 Å². The second kappa shape index (κ2) is 7.86. The molecule has 0 bridgehead atoms. The summed E-state index contributed by atoms with van der Waals surface area (Å²) in [5.41, 5.74) is 1.39. The first-order chi connectivity index (χ1) is 12.5. The summed E-state index contributed by atoms with van der Waals surface area (Å²) in [5.74, 6) is -0.522. The first-order valence-corrected chi connectivity index (χ1v) is 9.11. The molecule has 0 radical (unpaired) electrons. The van der Waals surface area contributed by atoms with E-state index < -0.39 is 12.0 Å². The molecule has 0 spiro atoms. The van der Waals surface area contributed by atoms with Gasteiger partial charge in [-0.05, 0) is 31.9 Å². The van der Waals surface area contributed by atoms with Crippen LogP contribution in [0.3, 0.4) is 0 Å². The molecule has 1 saturated carbocycles. The molecule has 1 aromatic rings. The van der Waals surface area contributed by atoms with Crippen molar-refractivity contribution in [3.63, 3.8) is 0 Å². The molecular formula is C18H20Cl2N2O4. The fourth-order valence-corrected chi connectivity index (χ4v) is 3.71. The van der Waals surface area contributed by atoms with Crippen molar-refractivity contribution in [3.05, 3.63) is 45.1 Å². The molecule has 1 fully saturated rings. The number of esters is 1. The van der Waals surface area contributed by atoms with Crippen molar-refractivity contribution in [1.82, 2.24) is 10.2 Å². The highest BCUT2D eigenvalue weighted by atomic mass is 35.5. The van der Waals surface area contributed by atoms with Crippen molar-refractivity contribution in [2.24, 2.45) is 0 Å². The zero-order valence-corrected chi connectivity index (χ0v) is 16.1. The predicted octanol–water partition coefficient (Wildman–Crippen LogP) is 3.69. The normalized spacial score (nSPS) is 20.2. The van der Waals surface area contributed by atoms with Gasteiger partial charge < -0.3 is 14.8 Å². The number of nitrogens with one attached hydrogen (secondary N) is 1. The van der Waals surface area contributed by atoms with Gasteiger partial charge in [0.25, 0.3) is 0 Å². The second-order valence-corrected chi connectivity index (χ2v) is 7.06. The number of rotatable bonds is 6. The van der Waals surface area contributed by atoms with Crippen molar-refractivity contribution >= 4 is 35.2 Å². The number of amides is 2. The van der Waals surface area contributed by atoms with Gasteiger partial charge in [0, 0.05) is 34.5 Å². The predicted molar refractivity (Wildman–Crippen MR) is 98.1 cm³/mol. The number of halogens is 2. The van der Waals surface area contributed by atoms with Crippen LogP contribution in [0.15, 0.2) is 29.5 Å². The largest absolute Gasteiger partial charge is 0.460 e. The van der Waals surface area contributed by atoms with Gasteiger partial charge in [-0.1, -0.05) is 29.3 Å². The highest BCUT2D eigenvalue weighted by molar-refractivity contribution is 6.36. The first-order valence-electron chi connectivity index (χ1n) is 8.36. The lowest BCUT2D eigenvalue weighted by Gasteiger charge is -2.36. The van der Waals surface area contributed by atoms with Gasteiger partial charge in [0.15, 0.2) is 0 Å². The molecule has 3 rings (SSSR count). The van der Waals surface area contributed by atoms with E-state index in [4.69, 9.17) is 32.7 Å². The summed E-state index contributed by atoms with van der Waals surface area (Å²) in [5, 5.41) is 3.61. The Hall–Kier alpha value is -1.76. The maximum atomic E-state index is 12.8. The lowest BCUT2D eigenvalue weighted by atomic mass is 9.94. The Morgan fingerprint density at radius 2 is 1.92 bits per heavy atom. The van der Waals surface area contributed by atoms with E-state index in [2.05, 4.69) is 5.32 Å². The molecule has 1 heterocycles. The maximum absolute atomic E-state index is 12.8. The van der Waals surface area contributed by atoms with Crippen LogP contribution in [0.4, 0.5) is 4.79 Å². The molecule has 8 heteroatoms. The van der Waals surface area contributed by atoms with Crippen LogP contribution in [0.25, 0.3) is 0 Å². The Morgan fingerprint density at radius 1 is 1.27 bits per heavy atom. The number of carbonyl (C=O) groups excluding carboxylic acids is 2. The molecule has 2 aliphatic rings. The summed E-state index contributed by atoms with van der Waals surface area (Å²) >= 11 is 12.6. The molecule has 0 aromatic heterocycles. The van der Waals surface area contributed by atoms with E-state index in [1.165, 1.54) is 7.11 Å².